The number of benzene rings is 1. The highest BCUT2D eigenvalue weighted by atomic mass is 16.5. The minimum absolute atomic E-state index is 0.103. The molecular formula is C17H19NO5. The van der Waals surface area contributed by atoms with Crippen molar-refractivity contribution in [2.75, 3.05) is 13.7 Å². The highest BCUT2D eigenvalue weighted by Gasteiger charge is 2.53. The first kappa shape index (κ1) is 15.5. The van der Waals surface area contributed by atoms with Crippen molar-refractivity contribution in [2.45, 2.75) is 25.4 Å². The third-order valence-corrected chi connectivity index (χ3v) is 4.61. The van der Waals surface area contributed by atoms with Crippen LogP contribution >= 0.6 is 0 Å². The average molecular weight is 317 g/mol. The molecule has 0 aromatic heterocycles. The third-order valence-electron chi connectivity index (χ3n) is 4.61. The van der Waals surface area contributed by atoms with E-state index in [1.54, 1.807) is 6.92 Å². The lowest BCUT2D eigenvalue weighted by molar-refractivity contribution is -0.185. The molecule has 6 nitrogen and oxygen atoms in total. The van der Waals surface area contributed by atoms with Crippen LogP contribution < -0.4 is 0 Å². The second-order valence-electron chi connectivity index (χ2n) is 6.01. The molecule has 4 atom stereocenters. The van der Waals surface area contributed by atoms with Crippen LogP contribution in [0.3, 0.4) is 0 Å². The van der Waals surface area contributed by atoms with Crippen LogP contribution in [-0.4, -0.2) is 42.5 Å². The predicted molar refractivity (Wildman–Crippen MR) is 80.1 cm³/mol. The van der Waals surface area contributed by atoms with Gasteiger partial charge in [-0.05, 0) is 12.0 Å². The van der Waals surface area contributed by atoms with Crippen molar-refractivity contribution < 1.29 is 23.9 Å². The van der Waals surface area contributed by atoms with Crippen molar-refractivity contribution in [2.24, 2.45) is 11.8 Å². The Hall–Kier alpha value is -2.37. The number of fused-ring (bicyclic) bond motifs is 1. The molecule has 6 heteroatoms. The van der Waals surface area contributed by atoms with Crippen LogP contribution in [-0.2, 0) is 23.9 Å². The van der Waals surface area contributed by atoms with Gasteiger partial charge in [0.25, 0.3) is 0 Å². The van der Waals surface area contributed by atoms with Gasteiger partial charge < -0.3 is 14.4 Å². The Morgan fingerprint density at radius 2 is 1.96 bits per heavy atom. The lowest BCUT2D eigenvalue weighted by Gasteiger charge is -2.47. The van der Waals surface area contributed by atoms with E-state index < -0.39 is 23.9 Å². The van der Waals surface area contributed by atoms with Crippen LogP contribution in [0.5, 0.6) is 0 Å². The zero-order valence-corrected chi connectivity index (χ0v) is 13.1. The highest BCUT2D eigenvalue weighted by Crippen LogP contribution is 2.39. The smallest absolute Gasteiger partial charge is 0.329 e. The summed E-state index contributed by atoms with van der Waals surface area (Å²) in [5.41, 5.74) is 0.885. The maximum Gasteiger partial charge on any atom is 0.329 e. The number of rotatable bonds is 2. The number of hydrogen-bond donors (Lipinski definition) is 0. The van der Waals surface area contributed by atoms with Crippen LogP contribution in [0.2, 0.25) is 0 Å². The van der Waals surface area contributed by atoms with E-state index in [4.69, 9.17) is 9.47 Å². The standard InChI is InChI=1S/C17H19NO5/c1-10-8-12(16(20)22-2)14-17(21)23-9-13(18(14)15(10)19)11-6-4-3-5-7-11/h3-7,10,12-14H,8-9H2,1-2H3/t10-,12+,13+,14+/m0/s1. The van der Waals surface area contributed by atoms with Crippen molar-refractivity contribution in [3.05, 3.63) is 35.9 Å². The van der Waals surface area contributed by atoms with Crippen LogP contribution in [0.15, 0.2) is 30.3 Å². The van der Waals surface area contributed by atoms with Crippen LogP contribution in [0.1, 0.15) is 24.9 Å². The minimum atomic E-state index is -0.912. The molecule has 1 aromatic carbocycles. The molecule has 0 bridgehead atoms. The van der Waals surface area contributed by atoms with Gasteiger partial charge in [-0.25, -0.2) is 4.79 Å². The Kier molecular flexibility index (Phi) is 4.07. The maximum atomic E-state index is 12.7. The second-order valence-corrected chi connectivity index (χ2v) is 6.01. The molecular weight excluding hydrogens is 298 g/mol. The summed E-state index contributed by atoms with van der Waals surface area (Å²) in [4.78, 5) is 38.6. The molecule has 2 fully saturated rings. The molecule has 0 radical (unpaired) electrons. The highest BCUT2D eigenvalue weighted by molar-refractivity contribution is 5.93. The molecule has 0 N–H and O–H groups in total. The molecule has 3 rings (SSSR count). The lowest BCUT2D eigenvalue weighted by atomic mass is 9.80. The van der Waals surface area contributed by atoms with E-state index in [9.17, 15) is 14.4 Å². The normalized spacial score (nSPS) is 30.4. The fraction of sp³-hybridized carbons (Fsp3) is 0.471. The van der Waals surface area contributed by atoms with E-state index in [-0.39, 0.29) is 24.5 Å². The quantitative estimate of drug-likeness (QED) is 0.769. The summed E-state index contributed by atoms with van der Waals surface area (Å²) in [6, 6.07) is 8.12. The topological polar surface area (TPSA) is 72.9 Å². The first-order valence-corrected chi connectivity index (χ1v) is 7.66. The Morgan fingerprint density at radius 3 is 2.61 bits per heavy atom. The van der Waals surface area contributed by atoms with Crippen molar-refractivity contribution in [1.82, 2.24) is 4.90 Å². The van der Waals surface area contributed by atoms with Crippen molar-refractivity contribution >= 4 is 17.8 Å². The summed E-state index contributed by atoms with van der Waals surface area (Å²) in [5.74, 6) is -2.17. The number of amides is 1. The molecule has 2 saturated heterocycles. The number of esters is 2. The van der Waals surface area contributed by atoms with Crippen molar-refractivity contribution in [3.8, 4) is 0 Å². The summed E-state index contributed by atoms with van der Waals surface area (Å²) in [5, 5.41) is 0. The molecule has 0 unspecified atom stereocenters. The molecule has 0 saturated carbocycles. The first-order valence-electron chi connectivity index (χ1n) is 7.66. The number of cyclic esters (lactones) is 1. The Bertz CT molecular complexity index is 629. The summed E-state index contributed by atoms with van der Waals surface area (Å²) < 4.78 is 10.1. The molecule has 23 heavy (non-hydrogen) atoms. The largest absolute Gasteiger partial charge is 0.469 e. The summed E-state index contributed by atoms with van der Waals surface area (Å²) in [7, 11) is 1.29. The molecule has 1 amide bonds. The fourth-order valence-electron chi connectivity index (χ4n) is 3.46. The number of piperidine rings is 1. The van der Waals surface area contributed by atoms with Crippen molar-refractivity contribution in [3.63, 3.8) is 0 Å². The number of carbonyl (C=O) groups is 3. The molecule has 1 aromatic rings. The van der Waals surface area contributed by atoms with E-state index in [0.29, 0.717) is 6.42 Å². The van der Waals surface area contributed by atoms with Gasteiger partial charge in [0.05, 0.1) is 19.1 Å². The Balaban J connectivity index is 2.02. The summed E-state index contributed by atoms with van der Waals surface area (Å²) >= 11 is 0. The molecule has 122 valence electrons. The van der Waals surface area contributed by atoms with Gasteiger partial charge in [-0.2, -0.15) is 0 Å². The molecule has 2 heterocycles. The van der Waals surface area contributed by atoms with Gasteiger partial charge in [-0.1, -0.05) is 37.3 Å². The number of hydrogen-bond acceptors (Lipinski definition) is 5. The van der Waals surface area contributed by atoms with E-state index in [2.05, 4.69) is 0 Å². The average Bonchev–Trinajstić information content (AvgIpc) is 2.58. The van der Waals surface area contributed by atoms with Crippen LogP contribution in [0, 0.1) is 11.8 Å². The lowest BCUT2D eigenvalue weighted by Crippen LogP contribution is -2.62. The molecule has 2 aliphatic heterocycles. The van der Waals surface area contributed by atoms with Gasteiger partial charge in [-0.3, -0.25) is 9.59 Å². The van der Waals surface area contributed by atoms with E-state index in [0.717, 1.165) is 5.56 Å². The van der Waals surface area contributed by atoms with Gasteiger partial charge in [0, 0.05) is 5.92 Å². The Morgan fingerprint density at radius 1 is 1.26 bits per heavy atom. The van der Waals surface area contributed by atoms with Crippen molar-refractivity contribution in [1.29, 1.82) is 0 Å². The number of nitrogens with zero attached hydrogens (tertiary/aromatic N) is 1. The van der Waals surface area contributed by atoms with Crippen LogP contribution in [0.25, 0.3) is 0 Å². The third kappa shape index (κ3) is 2.58. The molecule has 0 spiro atoms. The first-order chi connectivity index (χ1) is 11.0. The van der Waals surface area contributed by atoms with E-state index >= 15 is 0 Å². The zero-order valence-electron chi connectivity index (χ0n) is 13.1. The fourth-order valence-corrected chi connectivity index (χ4v) is 3.46. The predicted octanol–water partition coefficient (Wildman–Crippen LogP) is 1.31. The Labute approximate surface area is 134 Å². The number of ether oxygens (including phenoxy) is 2. The monoisotopic (exact) mass is 317 g/mol. The second kappa shape index (κ2) is 6.02. The number of carbonyl (C=O) groups excluding carboxylic acids is 3. The van der Waals surface area contributed by atoms with Crippen LogP contribution in [0.4, 0.5) is 0 Å². The van der Waals surface area contributed by atoms with Gasteiger partial charge in [0.15, 0.2) is 0 Å². The maximum absolute atomic E-state index is 12.7. The van der Waals surface area contributed by atoms with Gasteiger partial charge in [0.1, 0.15) is 12.6 Å². The molecule has 2 aliphatic rings. The minimum Gasteiger partial charge on any atom is -0.469 e. The summed E-state index contributed by atoms with van der Waals surface area (Å²) in [6.45, 7) is 1.88. The number of morpholine rings is 1. The zero-order chi connectivity index (χ0) is 16.6. The SMILES string of the molecule is COC(=O)[C@@H]1C[C@H](C)C(=O)N2[C@@H](c3ccccc3)COC(=O)[C@@H]12. The van der Waals surface area contributed by atoms with Gasteiger partial charge in [0.2, 0.25) is 5.91 Å². The van der Waals surface area contributed by atoms with E-state index in [1.165, 1.54) is 12.0 Å². The molecule has 0 aliphatic carbocycles. The summed E-state index contributed by atoms with van der Waals surface area (Å²) in [6.07, 6.45) is 0.295. The number of methoxy groups -OCH3 is 1. The van der Waals surface area contributed by atoms with E-state index in [1.807, 2.05) is 30.3 Å². The van der Waals surface area contributed by atoms with Gasteiger partial charge in [-0.15, -0.1) is 0 Å². The van der Waals surface area contributed by atoms with Gasteiger partial charge >= 0.3 is 11.9 Å².